The zero-order chi connectivity index (χ0) is 20.7. The van der Waals surface area contributed by atoms with E-state index in [0.29, 0.717) is 12.0 Å². The van der Waals surface area contributed by atoms with Gasteiger partial charge in [-0.05, 0) is 69.8 Å². The van der Waals surface area contributed by atoms with Crippen molar-refractivity contribution in [3.8, 4) is 6.07 Å². The molecule has 0 amide bonds. The van der Waals surface area contributed by atoms with Gasteiger partial charge in [-0.1, -0.05) is 0 Å². The Kier molecular flexibility index (Phi) is 5.37. The largest absolute Gasteiger partial charge is 0.463 e. The molecule has 1 aliphatic heterocycles. The maximum Gasteiger partial charge on any atom is 0.306 e. The van der Waals surface area contributed by atoms with Gasteiger partial charge in [0.15, 0.2) is 0 Å². The molecule has 0 bridgehead atoms. The molecule has 2 heterocycles. The van der Waals surface area contributed by atoms with Gasteiger partial charge in [0, 0.05) is 36.1 Å². The summed E-state index contributed by atoms with van der Waals surface area (Å²) in [7, 11) is 2.06. The summed E-state index contributed by atoms with van der Waals surface area (Å²) in [5.41, 5.74) is 4.25. The number of fused-ring (bicyclic) bond motifs is 3. The number of aromatic nitrogens is 1. The number of hydrogen-bond acceptors (Lipinski definition) is 5. The van der Waals surface area contributed by atoms with Crippen LogP contribution in [0.4, 0.5) is 0 Å². The Bertz CT molecular complexity index is 962. The number of likely N-dealkylation sites (tertiary alicyclic amines) is 1. The lowest BCUT2D eigenvalue weighted by molar-refractivity contribution is -0.148. The average molecular weight is 396 g/mol. The van der Waals surface area contributed by atoms with E-state index in [4.69, 9.17) is 4.74 Å². The maximum atomic E-state index is 12.2. The number of likely N-dealkylation sites (N-methyl/N-ethyl adjacent to an activating group) is 1. The van der Waals surface area contributed by atoms with Gasteiger partial charge in [-0.2, -0.15) is 5.26 Å². The zero-order valence-corrected chi connectivity index (χ0v) is 17.4. The summed E-state index contributed by atoms with van der Waals surface area (Å²) in [6.45, 7) is 5.36. The Hall–Kier alpha value is -2.36. The van der Waals surface area contributed by atoms with E-state index in [2.05, 4.69) is 22.6 Å². The Morgan fingerprint density at radius 2 is 2.17 bits per heavy atom. The normalized spacial score (nSPS) is 24.2. The van der Waals surface area contributed by atoms with Gasteiger partial charge >= 0.3 is 5.97 Å². The van der Waals surface area contributed by atoms with E-state index in [0.717, 1.165) is 43.3 Å². The van der Waals surface area contributed by atoms with Crippen LogP contribution in [-0.2, 0) is 28.9 Å². The van der Waals surface area contributed by atoms with Gasteiger partial charge in [0.25, 0.3) is 0 Å². The lowest BCUT2D eigenvalue weighted by Gasteiger charge is -2.24. The molecule has 154 valence electrons. The summed E-state index contributed by atoms with van der Waals surface area (Å²) in [5, 5.41) is 20.9. The van der Waals surface area contributed by atoms with Crippen LogP contribution in [0.2, 0.25) is 0 Å². The number of ether oxygens (including phenoxy) is 1. The Morgan fingerprint density at radius 3 is 2.83 bits per heavy atom. The van der Waals surface area contributed by atoms with E-state index in [1.807, 2.05) is 32.0 Å². The summed E-state index contributed by atoms with van der Waals surface area (Å²) in [4.78, 5) is 14.4. The van der Waals surface area contributed by atoms with Crippen molar-refractivity contribution in [1.29, 1.82) is 5.26 Å². The van der Waals surface area contributed by atoms with Crippen LogP contribution in [-0.4, -0.2) is 52.4 Å². The standard InChI is InChI=1S/C23H29N3O3/c1-14(2)29-23(28)11-16-9-18-17-8-15(12-24)4-5-19(17)26(20(18)10-16)13-21-22(27)6-7-25(21)3/h4-5,8,14,16,21-22,27H,6-7,9-11,13H2,1-3H3/t16-,21+,22-/m0/s1. The number of aliphatic hydroxyl groups is 1. The highest BCUT2D eigenvalue weighted by Gasteiger charge is 2.35. The molecule has 6 nitrogen and oxygen atoms in total. The van der Waals surface area contributed by atoms with Gasteiger partial charge in [0.05, 0.1) is 29.9 Å². The van der Waals surface area contributed by atoms with Gasteiger partial charge < -0.3 is 14.4 Å². The fraction of sp³-hybridized carbons (Fsp3) is 0.565. The highest BCUT2D eigenvalue weighted by Crippen LogP contribution is 2.38. The molecule has 4 rings (SSSR count). The lowest BCUT2D eigenvalue weighted by atomic mass is 10.0. The Morgan fingerprint density at radius 1 is 1.38 bits per heavy atom. The minimum absolute atomic E-state index is 0.0790. The molecule has 6 heteroatoms. The molecular weight excluding hydrogens is 366 g/mol. The third-order valence-corrected chi connectivity index (χ3v) is 6.37. The average Bonchev–Trinajstić information content (AvgIpc) is 3.29. The molecule has 2 aromatic rings. The second kappa shape index (κ2) is 7.81. The molecule has 0 unspecified atom stereocenters. The van der Waals surface area contributed by atoms with E-state index in [-0.39, 0.29) is 30.1 Å². The number of nitriles is 1. The van der Waals surface area contributed by atoms with Crippen LogP contribution >= 0.6 is 0 Å². The third kappa shape index (κ3) is 3.77. The number of benzene rings is 1. The topological polar surface area (TPSA) is 78.5 Å². The summed E-state index contributed by atoms with van der Waals surface area (Å²) < 4.78 is 7.66. The summed E-state index contributed by atoms with van der Waals surface area (Å²) in [6, 6.07) is 8.17. The Balaban J connectivity index is 1.67. The first-order chi connectivity index (χ1) is 13.9. The van der Waals surface area contributed by atoms with Gasteiger partial charge in [0.2, 0.25) is 0 Å². The molecule has 3 atom stereocenters. The monoisotopic (exact) mass is 395 g/mol. The van der Waals surface area contributed by atoms with Gasteiger partial charge in [-0.3, -0.25) is 9.69 Å². The molecule has 1 aliphatic carbocycles. The summed E-state index contributed by atoms with van der Waals surface area (Å²) >= 11 is 0. The molecular formula is C23H29N3O3. The quantitative estimate of drug-likeness (QED) is 0.788. The number of carbonyl (C=O) groups is 1. The van der Waals surface area contributed by atoms with E-state index in [1.165, 1.54) is 11.3 Å². The number of esters is 1. The molecule has 1 aromatic heterocycles. The van der Waals surface area contributed by atoms with Crippen molar-refractivity contribution < 1.29 is 14.6 Å². The van der Waals surface area contributed by atoms with Gasteiger partial charge in [-0.25, -0.2) is 0 Å². The Labute approximate surface area is 171 Å². The van der Waals surface area contributed by atoms with Crippen LogP contribution in [0, 0.1) is 17.2 Å². The number of aliphatic hydroxyl groups excluding tert-OH is 1. The van der Waals surface area contributed by atoms with Crippen LogP contribution in [0.15, 0.2) is 18.2 Å². The van der Waals surface area contributed by atoms with E-state index in [9.17, 15) is 15.2 Å². The zero-order valence-electron chi connectivity index (χ0n) is 17.4. The molecule has 2 aliphatic rings. The predicted molar refractivity (Wildman–Crippen MR) is 110 cm³/mol. The first kappa shape index (κ1) is 19.9. The molecule has 0 spiro atoms. The van der Waals surface area contributed by atoms with Crippen molar-refractivity contribution in [3.63, 3.8) is 0 Å². The smallest absolute Gasteiger partial charge is 0.306 e. The van der Waals surface area contributed by atoms with Crippen LogP contribution in [0.1, 0.15) is 43.5 Å². The fourth-order valence-electron chi connectivity index (χ4n) is 4.98. The van der Waals surface area contributed by atoms with Crippen molar-refractivity contribution in [2.24, 2.45) is 5.92 Å². The van der Waals surface area contributed by atoms with E-state index < -0.39 is 0 Å². The van der Waals surface area contributed by atoms with Gasteiger partial charge in [-0.15, -0.1) is 0 Å². The highest BCUT2D eigenvalue weighted by molar-refractivity contribution is 5.87. The highest BCUT2D eigenvalue weighted by atomic mass is 16.5. The summed E-state index contributed by atoms with van der Waals surface area (Å²) in [6.07, 6.45) is 2.43. The predicted octanol–water partition coefficient (Wildman–Crippen LogP) is 2.63. The molecule has 1 aromatic carbocycles. The second-order valence-corrected chi connectivity index (χ2v) is 8.80. The number of carbonyl (C=O) groups excluding carboxylic acids is 1. The molecule has 1 saturated heterocycles. The minimum Gasteiger partial charge on any atom is -0.463 e. The second-order valence-electron chi connectivity index (χ2n) is 8.80. The van der Waals surface area contributed by atoms with Crippen molar-refractivity contribution in [2.75, 3.05) is 13.6 Å². The molecule has 29 heavy (non-hydrogen) atoms. The number of nitrogens with zero attached hydrogens (tertiary/aromatic N) is 3. The molecule has 0 radical (unpaired) electrons. The first-order valence-corrected chi connectivity index (χ1v) is 10.5. The summed E-state index contributed by atoms with van der Waals surface area (Å²) in [5.74, 6) is 0.0774. The lowest BCUT2D eigenvalue weighted by Crippen LogP contribution is -2.36. The van der Waals surface area contributed by atoms with Crippen LogP contribution in [0.3, 0.4) is 0 Å². The van der Waals surface area contributed by atoms with Crippen molar-refractivity contribution in [3.05, 3.63) is 35.0 Å². The van der Waals surface area contributed by atoms with E-state index >= 15 is 0 Å². The minimum atomic E-state index is -0.329. The maximum absolute atomic E-state index is 12.2. The first-order valence-electron chi connectivity index (χ1n) is 10.5. The SMILES string of the molecule is CC(C)OC(=O)C[C@H]1Cc2c(n(C[C@@H]3[C@@H](O)CCN3C)c3ccc(C#N)cc23)C1. The van der Waals surface area contributed by atoms with Crippen LogP contribution in [0.5, 0.6) is 0 Å². The third-order valence-electron chi connectivity index (χ3n) is 6.37. The molecule has 1 fully saturated rings. The van der Waals surface area contributed by atoms with Crippen LogP contribution < -0.4 is 0 Å². The van der Waals surface area contributed by atoms with Crippen molar-refractivity contribution in [1.82, 2.24) is 9.47 Å². The molecule has 1 N–H and O–H groups in total. The van der Waals surface area contributed by atoms with Crippen LogP contribution in [0.25, 0.3) is 10.9 Å². The van der Waals surface area contributed by atoms with Crippen molar-refractivity contribution >= 4 is 16.9 Å². The molecule has 0 saturated carbocycles. The van der Waals surface area contributed by atoms with E-state index in [1.54, 1.807) is 0 Å². The van der Waals surface area contributed by atoms with Crippen molar-refractivity contribution in [2.45, 2.75) is 64.3 Å². The van der Waals surface area contributed by atoms with Gasteiger partial charge in [0.1, 0.15) is 0 Å². The fourth-order valence-corrected chi connectivity index (χ4v) is 4.98. The number of hydrogen-bond donors (Lipinski definition) is 1. The number of rotatable bonds is 5.